The summed E-state index contributed by atoms with van der Waals surface area (Å²) < 4.78 is 60.4. The Balaban J connectivity index is 1.13. The van der Waals surface area contributed by atoms with Crippen LogP contribution >= 0.6 is 7.26 Å². The number of carbonyl (C=O) groups is 2. The largest absolute Gasteiger partial charge is 0.497 e. The zero-order valence-electron chi connectivity index (χ0n) is 33.2. The molecule has 1 aliphatic carbocycles. The molecule has 1 saturated heterocycles. The zero-order valence-corrected chi connectivity index (χ0v) is 34.1. The number of hydrogen-bond donors (Lipinski definition) is 1. The molecule has 0 bridgehead atoms. The fraction of sp³-hybridized carbons (Fsp3) is 0.391. The lowest BCUT2D eigenvalue weighted by Gasteiger charge is -2.63. The van der Waals surface area contributed by atoms with Crippen LogP contribution in [0.3, 0.4) is 0 Å². The monoisotopic (exact) mass is 813 g/mol. The lowest BCUT2D eigenvalue weighted by molar-refractivity contribution is -0.229. The molecule has 12 heteroatoms. The molecule has 0 radical (unpaired) electrons. The van der Waals surface area contributed by atoms with Gasteiger partial charge in [-0.1, -0.05) is 25.1 Å². The van der Waals surface area contributed by atoms with E-state index in [0.29, 0.717) is 44.1 Å². The van der Waals surface area contributed by atoms with Crippen molar-refractivity contribution in [2.45, 2.75) is 68.2 Å². The summed E-state index contributed by atoms with van der Waals surface area (Å²) >= 11 is 0. The third-order valence-corrected chi connectivity index (χ3v) is 18.0. The van der Waals surface area contributed by atoms with Crippen molar-refractivity contribution in [2.75, 3.05) is 45.4 Å². The van der Waals surface area contributed by atoms with Crippen molar-refractivity contribution in [1.82, 2.24) is 4.90 Å². The molecular formula is C46H49F3N2O6P+. The second-order valence-electron chi connectivity index (χ2n) is 16.1. The predicted octanol–water partition coefficient (Wildman–Crippen LogP) is 6.20. The van der Waals surface area contributed by atoms with Crippen molar-refractivity contribution in [3.63, 3.8) is 0 Å². The summed E-state index contributed by atoms with van der Waals surface area (Å²) in [6.45, 7) is 3.43. The Hall–Kier alpha value is -4.70. The van der Waals surface area contributed by atoms with Crippen molar-refractivity contribution < 1.29 is 42.1 Å². The number of fused-ring (bicyclic) bond motifs is 1. The number of esters is 2. The van der Waals surface area contributed by atoms with E-state index in [-0.39, 0.29) is 12.5 Å². The van der Waals surface area contributed by atoms with E-state index in [9.17, 15) is 27.9 Å². The van der Waals surface area contributed by atoms with E-state index in [0.717, 1.165) is 33.7 Å². The summed E-state index contributed by atoms with van der Waals surface area (Å²) in [5, 5.41) is 15.7. The first-order valence-corrected chi connectivity index (χ1v) is 21.9. The van der Waals surface area contributed by atoms with Crippen molar-refractivity contribution >= 4 is 40.8 Å². The molecule has 3 aliphatic heterocycles. The van der Waals surface area contributed by atoms with E-state index in [1.165, 1.54) is 43.5 Å². The van der Waals surface area contributed by atoms with Crippen LogP contribution in [-0.2, 0) is 24.5 Å². The smallest absolute Gasteiger partial charge is 0.344 e. The summed E-state index contributed by atoms with van der Waals surface area (Å²) in [6, 6.07) is 23.6. The highest BCUT2D eigenvalue weighted by Crippen LogP contribution is 2.67. The van der Waals surface area contributed by atoms with Gasteiger partial charge in [0.15, 0.2) is 6.10 Å². The van der Waals surface area contributed by atoms with Crippen LogP contribution in [0.2, 0.25) is 0 Å². The fourth-order valence-corrected chi connectivity index (χ4v) is 15.6. The molecule has 4 aromatic carbocycles. The van der Waals surface area contributed by atoms with Crippen molar-refractivity contribution in [3.05, 3.63) is 126 Å². The average molecular weight is 814 g/mol. The molecule has 1 N–H and O–H groups in total. The minimum absolute atomic E-state index is 0.0228. The molecule has 304 valence electrons. The molecule has 1 spiro atoms. The van der Waals surface area contributed by atoms with E-state index >= 15 is 0 Å². The molecule has 6 atom stereocenters. The third-order valence-electron chi connectivity index (χ3n) is 13.5. The first-order chi connectivity index (χ1) is 27.9. The first kappa shape index (κ1) is 40.1. The maximum absolute atomic E-state index is 14.3. The number of methoxy groups -OCH3 is 2. The second-order valence-corrected chi connectivity index (χ2v) is 19.7. The first-order valence-electron chi connectivity index (χ1n) is 19.9. The van der Waals surface area contributed by atoms with Crippen LogP contribution in [0.5, 0.6) is 5.75 Å². The number of ether oxygens (including phenoxy) is 3. The van der Waals surface area contributed by atoms with Crippen molar-refractivity contribution in [1.29, 1.82) is 0 Å². The van der Waals surface area contributed by atoms with E-state index in [2.05, 4.69) is 17.1 Å². The van der Waals surface area contributed by atoms with Crippen LogP contribution in [0.25, 0.3) is 0 Å². The molecule has 0 unspecified atom stereocenters. The van der Waals surface area contributed by atoms with Gasteiger partial charge in [-0.2, -0.15) is 0 Å². The Kier molecular flexibility index (Phi) is 10.5. The van der Waals surface area contributed by atoms with Gasteiger partial charge in [-0.15, -0.1) is 0 Å². The lowest BCUT2D eigenvalue weighted by Crippen LogP contribution is -2.81. The molecular weight excluding hydrogens is 764 g/mol. The molecule has 4 aromatic rings. The standard InChI is InChI=1S/C46H49F3N2O6P/c1-5-44-24-8-26-51-27-25-45(40(44)51)37-23-16-33(55-3)29-38(37)50(2)41(45)46(54,43(53)56-4)42(44)57-39(52)9-6-7-28-58(34-17-10-30(47)11-18-34,35-19-12-31(48)13-20-35)36-21-14-32(49)15-22-36/h8,10-24,29,40-42,54H,5-7,9,25-28H2,1-4H3/q+1/t40-,41+,42+,44+,45+,46-/m0/s1. The number of aliphatic hydroxyl groups is 1. The molecule has 2 fully saturated rings. The van der Waals surface area contributed by atoms with Gasteiger partial charge < -0.3 is 24.2 Å². The molecule has 4 aliphatic rings. The second kappa shape index (κ2) is 15.2. The lowest BCUT2D eigenvalue weighted by atomic mass is 9.47. The fourth-order valence-electron chi connectivity index (χ4n) is 11.2. The molecule has 3 heterocycles. The maximum atomic E-state index is 14.3. The topological polar surface area (TPSA) is 88.5 Å². The van der Waals surface area contributed by atoms with Crippen LogP contribution < -0.4 is 25.6 Å². The zero-order chi connectivity index (χ0) is 41.0. The summed E-state index contributed by atoms with van der Waals surface area (Å²) in [6.07, 6.45) is 5.33. The van der Waals surface area contributed by atoms with Gasteiger partial charge in [0.2, 0.25) is 5.60 Å². The van der Waals surface area contributed by atoms with Crippen LogP contribution in [0.1, 0.15) is 44.6 Å². The highest BCUT2D eigenvalue weighted by Gasteiger charge is 2.80. The number of hydrogen-bond acceptors (Lipinski definition) is 8. The van der Waals surface area contributed by atoms with Gasteiger partial charge in [-0.25, -0.2) is 18.0 Å². The Morgan fingerprint density at radius 1 is 0.845 bits per heavy atom. The van der Waals surface area contributed by atoms with Crippen LogP contribution in [-0.4, -0.2) is 86.3 Å². The number of rotatable bonds is 12. The third kappa shape index (κ3) is 5.90. The van der Waals surface area contributed by atoms with Gasteiger partial charge in [-0.3, -0.25) is 9.69 Å². The Labute approximate surface area is 337 Å². The normalized spacial score (nSPS) is 27.1. The maximum Gasteiger partial charge on any atom is 0.344 e. The quantitative estimate of drug-likeness (QED) is 0.0784. The van der Waals surface area contributed by atoms with Crippen LogP contribution in [0.15, 0.2) is 103 Å². The minimum Gasteiger partial charge on any atom is -0.497 e. The summed E-state index contributed by atoms with van der Waals surface area (Å²) in [5.41, 5.74) is -2.04. The van der Waals surface area contributed by atoms with Gasteiger partial charge in [0.1, 0.15) is 46.4 Å². The van der Waals surface area contributed by atoms with Gasteiger partial charge in [0.25, 0.3) is 0 Å². The number of benzene rings is 4. The SMILES string of the molecule is CC[C@]12C=CCN3CC[C@@]4(c5ccc(OC)cc5N(C)[C@H]4[C@@](O)(C(=O)OC)[C@@H]1OC(=O)CCCC[P+](c1ccc(F)cc1)(c1ccc(F)cc1)c1ccc(F)cc1)[C@@H]32. The summed E-state index contributed by atoms with van der Waals surface area (Å²) in [4.78, 5) is 32.9. The number of unbranched alkanes of at least 4 members (excludes halogenated alkanes) is 1. The Bertz CT molecular complexity index is 2110. The van der Waals surface area contributed by atoms with Gasteiger partial charge in [0, 0.05) is 48.6 Å². The molecule has 8 rings (SSSR count). The van der Waals surface area contributed by atoms with E-state index in [1.807, 2.05) is 37.1 Å². The van der Waals surface area contributed by atoms with Gasteiger partial charge in [0.05, 0.1) is 26.4 Å². The highest BCUT2D eigenvalue weighted by molar-refractivity contribution is 7.95. The number of anilines is 1. The molecule has 8 nitrogen and oxygen atoms in total. The molecule has 0 amide bonds. The molecule has 58 heavy (non-hydrogen) atoms. The average Bonchev–Trinajstić information content (AvgIpc) is 3.75. The van der Waals surface area contributed by atoms with Crippen molar-refractivity contribution in [3.8, 4) is 5.75 Å². The van der Waals surface area contributed by atoms with E-state index in [4.69, 9.17) is 14.2 Å². The predicted molar refractivity (Wildman–Crippen MR) is 219 cm³/mol. The number of likely N-dealkylation sites (N-methyl/N-ethyl adjacent to an activating group) is 1. The molecule has 1 saturated carbocycles. The summed E-state index contributed by atoms with van der Waals surface area (Å²) in [7, 11) is 2.09. The van der Waals surface area contributed by atoms with Gasteiger partial charge in [-0.05, 0) is 117 Å². The summed E-state index contributed by atoms with van der Waals surface area (Å²) in [5.74, 6) is -1.99. The molecule has 0 aromatic heterocycles. The number of carbonyl (C=O) groups excluding carboxylic acids is 2. The number of nitrogens with zero attached hydrogens (tertiary/aromatic N) is 2. The van der Waals surface area contributed by atoms with Crippen molar-refractivity contribution in [2.24, 2.45) is 5.41 Å². The van der Waals surface area contributed by atoms with Crippen LogP contribution in [0, 0.1) is 22.9 Å². The van der Waals surface area contributed by atoms with E-state index in [1.54, 1.807) is 43.5 Å². The minimum atomic E-state index is -2.62. The van der Waals surface area contributed by atoms with Crippen LogP contribution in [0.4, 0.5) is 18.9 Å². The Morgan fingerprint density at radius 3 is 1.97 bits per heavy atom. The van der Waals surface area contributed by atoms with E-state index < -0.39 is 65.2 Å². The number of halogens is 3. The van der Waals surface area contributed by atoms with Gasteiger partial charge >= 0.3 is 11.9 Å². The Morgan fingerprint density at radius 2 is 1.43 bits per heavy atom. The highest BCUT2D eigenvalue weighted by atomic mass is 31.2.